The Morgan fingerprint density at radius 2 is 2.07 bits per heavy atom. The molecule has 2 nitrogen and oxygen atoms in total. The lowest BCUT2D eigenvalue weighted by atomic mass is 10.2. The van der Waals surface area contributed by atoms with Gasteiger partial charge in [-0.3, -0.25) is 0 Å². The molecule has 0 aliphatic carbocycles. The van der Waals surface area contributed by atoms with Crippen molar-refractivity contribution in [3.05, 3.63) is 35.1 Å². The van der Waals surface area contributed by atoms with Gasteiger partial charge in [-0.2, -0.15) is 7.05 Å². The van der Waals surface area contributed by atoms with E-state index in [4.69, 9.17) is 4.74 Å². The summed E-state index contributed by atoms with van der Waals surface area (Å²) >= 11 is 0. The number of nitrogens with zero attached hydrogens (tertiary/aromatic N) is 1. The van der Waals surface area contributed by atoms with Crippen molar-refractivity contribution in [1.82, 2.24) is 0 Å². The molecule has 1 aromatic carbocycles. The predicted molar refractivity (Wildman–Crippen MR) is 60.0 cm³/mol. The van der Waals surface area contributed by atoms with Gasteiger partial charge in [-0.25, -0.2) is 0 Å². The Hall–Kier alpha value is -1.02. The molecule has 0 amide bonds. The standard InChI is InChI=1S/C12H18NO/c1-10(8-13-3)9-14-12-7-5-4-6-11(12)2/h4-7,10H,8-9H2,1-3H3/q-1. The van der Waals surface area contributed by atoms with Gasteiger partial charge in [-0.1, -0.05) is 25.1 Å². The average Bonchev–Trinajstić information content (AvgIpc) is 2.17. The number of hydrogen-bond acceptors (Lipinski definition) is 1. The molecule has 2 heteroatoms. The van der Waals surface area contributed by atoms with E-state index in [2.05, 4.69) is 25.2 Å². The molecule has 0 saturated heterocycles. The van der Waals surface area contributed by atoms with E-state index < -0.39 is 0 Å². The molecule has 0 aliphatic heterocycles. The number of hydrogen-bond donors (Lipinski definition) is 0. The molecule has 14 heavy (non-hydrogen) atoms. The van der Waals surface area contributed by atoms with Gasteiger partial charge in [0, 0.05) is 0 Å². The van der Waals surface area contributed by atoms with Crippen molar-refractivity contribution >= 4 is 0 Å². The van der Waals surface area contributed by atoms with Crippen molar-refractivity contribution in [2.45, 2.75) is 13.8 Å². The smallest absolute Gasteiger partial charge is 0.122 e. The Kier molecular flexibility index (Phi) is 4.47. The summed E-state index contributed by atoms with van der Waals surface area (Å²) in [6.45, 7) is 5.81. The molecule has 1 atom stereocenters. The van der Waals surface area contributed by atoms with E-state index in [1.807, 2.05) is 25.2 Å². The van der Waals surface area contributed by atoms with Crippen LogP contribution in [-0.2, 0) is 0 Å². The quantitative estimate of drug-likeness (QED) is 0.703. The fourth-order valence-corrected chi connectivity index (χ4v) is 1.31. The molecule has 0 bridgehead atoms. The van der Waals surface area contributed by atoms with Crippen molar-refractivity contribution in [1.29, 1.82) is 0 Å². The van der Waals surface area contributed by atoms with Crippen LogP contribution in [0.3, 0.4) is 0 Å². The van der Waals surface area contributed by atoms with E-state index >= 15 is 0 Å². The first-order valence-electron chi connectivity index (χ1n) is 4.98. The Morgan fingerprint density at radius 1 is 1.36 bits per heavy atom. The lowest BCUT2D eigenvalue weighted by Crippen LogP contribution is -2.12. The van der Waals surface area contributed by atoms with Gasteiger partial charge in [-0.15, -0.1) is 6.54 Å². The highest BCUT2D eigenvalue weighted by molar-refractivity contribution is 5.31. The van der Waals surface area contributed by atoms with E-state index in [0.717, 1.165) is 18.9 Å². The largest absolute Gasteiger partial charge is 0.665 e. The SMILES string of the molecule is C[N-]CC(C)COc1ccccc1C. The maximum Gasteiger partial charge on any atom is 0.122 e. The first kappa shape index (κ1) is 11.1. The summed E-state index contributed by atoms with van der Waals surface area (Å²) in [5, 5.41) is 4.09. The summed E-state index contributed by atoms with van der Waals surface area (Å²) in [6.07, 6.45) is 0. The van der Waals surface area contributed by atoms with Crippen molar-refractivity contribution in [2.24, 2.45) is 5.92 Å². The third-order valence-corrected chi connectivity index (χ3v) is 2.11. The molecular formula is C12H18NO-. The molecule has 0 aromatic heterocycles. The van der Waals surface area contributed by atoms with E-state index in [-0.39, 0.29) is 0 Å². The molecular weight excluding hydrogens is 174 g/mol. The highest BCUT2D eigenvalue weighted by Crippen LogP contribution is 2.17. The van der Waals surface area contributed by atoms with Gasteiger partial charge in [-0.05, 0) is 24.5 Å². The monoisotopic (exact) mass is 192 g/mol. The summed E-state index contributed by atoms with van der Waals surface area (Å²) in [5.74, 6) is 1.47. The summed E-state index contributed by atoms with van der Waals surface area (Å²) in [6, 6.07) is 8.08. The third kappa shape index (κ3) is 3.38. The number of ether oxygens (including phenoxy) is 1. The minimum atomic E-state index is 0.486. The first-order chi connectivity index (χ1) is 6.74. The molecule has 1 aromatic rings. The molecule has 1 unspecified atom stereocenters. The zero-order chi connectivity index (χ0) is 10.4. The summed E-state index contributed by atoms with van der Waals surface area (Å²) in [4.78, 5) is 0. The van der Waals surface area contributed by atoms with E-state index in [9.17, 15) is 0 Å². The van der Waals surface area contributed by atoms with Crippen LogP contribution >= 0.6 is 0 Å². The van der Waals surface area contributed by atoms with Crippen molar-refractivity contribution < 1.29 is 4.74 Å². The minimum Gasteiger partial charge on any atom is -0.665 e. The Labute approximate surface area is 86.3 Å². The summed E-state index contributed by atoms with van der Waals surface area (Å²) in [7, 11) is 1.84. The van der Waals surface area contributed by atoms with Crippen molar-refractivity contribution in [3.63, 3.8) is 0 Å². The van der Waals surface area contributed by atoms with E-state index in [1.165, 1.54) is 5.56 Å². The molecule has 0 N–H and O–H groups in total. The number of aryl methyl sites for hydroxylation is 1. The zero-order valence-corrected chi connectivity index (χ0v) is 9.16. The molecule has 0 spiro atoms. The van der Waals surface area contributed by atoms with Crippen LogP contribution in [0.15, 0.2) is 24.3 Å². The van der Waals surface area contributed by atoms with Crippen LogP contribution in [-0.4, -0.2) is 20.2 Å². The van der Waals surface area contributed by atoms with Gasteiger partial charge >= 0.3 is 0 Å². The number of benzene rings is 1. The fraction of sp³-hybridized carbons (Fsp3) is 0.500. The average molecular weight is 192 g/mol. The maximum atomic E-state index is 5.69. The topological polar surface area (TPSA) is 23.3 Å². The van der Waals surface area contributed by atoms with E-state index in [0.29, 0.717) is 5.92 Å². The molecule has 0 aliphatic rings. The second kappa shape index (κ2) is 5.66. The highest BCUT2D eigenvalue weighted by atomic mass is 16.5. The van der Waals surface area contributed by atoms with Crippen LogP contribution in [0.4, 0.5) is 0 Å². The second-order valence-corrected chi connectivity index (χ2v) is 3.68. The Balaban J connectivity index is 2.41. The maximum absolute atomic E-state index is 5.69. The normalized spacial score (nSPS) is 12.5. The minimum absolute atomic E-state index is 0.486. The van der Waals surface area contributed by atoms with Crippen LogP contribution in [0.2, 0.25) is 0 Å². The van der Waals surface area contributed by atoms with Crippen molar-refractivity contribution in [2.75, 3.05) is 20.2 Å². The fourth-order valence-electron chi connectivity index (χ4n) is 1.31. The number of para-hydroxylation sites is 1. The van der Waals surface area contributed by atoms with Gasteiger partial charge in [0.15, 0.2) is 0 Å². The lowest BCUT2D eigenvalue weighted by Gasteiger charge is -2.19. The van der Waals surface area contributed by atoms with Gasteiger partial charge in [0.25, 0.3) is 0 Å². The zero-order valence-electron chi connectivity index (χ0n) is 9.16. The number of rotatable bonds is 5. The Bertz CT molecular complexity index is 273. The molecule has 0 radical (unpaired) electrons. The van der Waals surface area contributed by atoms with Crippen molar-refractivity contribution in [3.8, 4) is 5.75 Å². The lowest BCUT2D eigenvalue weighted by molar-refractivity contribution is 0.266. The van der Waals surface area contributed by atoms with Gasteiger partial charge in [0.05, 0.1) is 6.61 Å². The van der Waals surface area contributed by atoms with Gasteiger partial charge < -0.3 is 10.1 Å². The highest BCUT2D eigenvalue weighted by Gasteiger charge is 2.00. The van der Waals surface area contributed by atoms with Crippen LogP contribution < -0.4 is 4.74 Å². The molecule has 78 valence electrons. The predicted octanol–water partition coefficient (Wildman–Crippen LogP) is 3.01. The van der Waals surface area contributed by atoms with Crippen LogP contribution in [0.1, 0.15) is 12.5 Å². The molecule has 0 heterocycles. The second-order valence-electron chi connectivity index (χ2n) is 3.68. The van der Waals surface area contributed by atoms with Gasteiger partial charge in [0.1, 0.15) is 5.75 Å². The van der Waals surface area contributed by atoms with E-state index in [1.54, 1.807) is 0 Å². The summed E-state index contributed by atoms with van der Waals surface area (Å²) < 4.78 is 5.69. The molecule has 1 rings (SSSR count). The summed E-state index contributed by atoms with van der Waals surface area (Å²) in [5.41, 5.74) is 1.19. The Morgan fingerprint density at radius 3 is 2.71 bits per heavy atom. The van der Waals surface area contributed by atoms with Crippen LogP contribution in [0.5, 0.6) is 5.75 Å². The molecule has 0 fully saturated rings. The third-order valence-electron chi connectivity index (χ3n) is 2.11. The van der Waals surface area contributed by atoms with Gasteiger partial charge in [0.2, 0.25) is 0 Å². The molecule has 0 saturated carbocycles. The van der Waals surface area contributed by atoms with Crippen LogP contribution in [0, 0.1) is 12.8 Å². The first-order valence-corrected chi connectivity index (χ1v) is 4.98. The van der Waals surface area contributed by atoms with Crippen LogP contribution in [0.25, 0.3) is 5.32 Å².